The summed E-state index contributed by atoms with van der Waals surface area (Å²) in [6.45, 7) is 11.6. The number of cyclic esters (lactones) is 1. The summed E-state index contributed by atoms with van der Waals surface area (Å²) in [5.74, 6) is -1.47. The summed E-state index contributed by atoms with van der Waals surface area (Å²) < 4.78 is 27.6. The molecule has 1 N–H and O–H groups in total. The Morgan fingerprint density at radius 3 is 2.64 bits per heavy atom. The van der Waals surface area contributed by atoms with Crippen LogP contribution in [0.5, 0.6) is 0 Å². The molecule has 0 spiro atoms. The smallest absolute Gasteiger partial charge is 0.343 e. The summed E-state index contributed by atoms with van der Waals surface area (Å²) in [4.78, 5) is 46.3. The number of ether oxygens (including phenoxy) is 2. The molecule has 1 aromatic carbocycles. The highest BCUT2D eigenvalue weighted by molar-refractivity contribution is 5.93. The number of hydrogen-bond acceptors (Lipinski definition) is 8. The van der Waals surface area contributed by atoms with Gasteiger partial charge in [-0.3, -0.25) is 14.5 Å². The standard InChI is InChI=1S/C32H36FN3O6/c1-7-32(40)20-11-24-28-18(13-36(24)29(38)19(20)15-41-30(32)39)27-23(35(8-2)14-25(37)42-31(4,5)6)10-9-17-16(3)21(33)12-22(34-28)26(17)27/h11-12,23,40H,7-10,13-15H2,1-6H3/t23-,32-/m0/s1. The summed E-state index contributed by atoms with van der Waals surface area (Å²) >= 11 is 0. The van der Waals surface area contributed by atoms with Crippen LogP contribution in [0.1, 0.15) is 86.9 Å². The van der Waals surface area contributed by atoms with Crippen molar-refractivity contribution in [3.8, 4) is 11.4 Å². The van der Waals surface area contributed by atoms with Crippen LogP contribution in [0.25, 0.3) is 22.3 Å². The average Bonchev–Trinajstić information content (AvgIpc) is 3.30. The molecule has 0 amide bonds. The molecule has 3 aliphatic rings. The van der Waals surface area contributed by atoms with Gasteiger partial charge in [0.1, 0.15) is 18.0 Å². The quantitative estimate of drug-likeness (QED) is 0.352. The Kier molecular flexibility index (Phi) is 6.58. The average molecular weight is 578 g/mol. The molecule has 2 aromatic heterocycles. The molecular formula is C32H36FN3O6. The van der Waals surface area contributed by atoms with Crippen LogP contribution in [0.2, 0.25) is 0 Å². The Labute approximate surface area is 243 Å². The minimum atomic E-state index is -1.94. The number of halogens is 1. The van der Waals surface area contributed by atoms with E-state index in [1.807, 2.05) is 27.7 Å². The second kappa shape index (κ2) is 9.70. The first kappa shape index (κ1) is 28.5. The molecule has 0 bridgehead atoms. The maximum atomic E-state index is 15.2. The monoisotopic (exact) mass is 577 g/mol. The number of carbonyl (C=O) groups excluding carboxylic acids is 2. The molecule has 1 aliphatic carbocycles. The number of aryl methyl sites for hydroxylation is 1. The zero-order valence-corrected chi connectivity index (χ0v) is 24.9. The zero-order chi connectivity index (χ0) is 30.3. The first-order chi connectivity index (χ1) is 19.8. The Hall–Kier alpha value is -3.63. The lowest BCUT2D eigenvalue weighted by Crippen LogP contribution is -2.44. The van der Waals surface area contributed by atoms with Gasteiger partial charge in [0.2, 0.25) is 0 Å². The highest BCUT2D eigenvalue weighted by atomic mass is 19.1. The van der Waals surface area contributed by atoms with Gasteiger partial charge in [-0.1, -0.05) is 13.8 Å². The van der Waals surface area contributed by atoms with Crippen molar-refractivity contribution in [2.45, 2.75) is 91.2 Å². The summed E-state index contributed by atoms with van der Waals surface area (Å²) in [5, 5.41) is 12.1. The van der Waals surface area contributed by atoms with Crippen molar-refractivity contribution in [2.24, 2.45) is 0 Å². The molecule has 4 heterocycles. The number of pyridine rings is 2. The van der Waals surface area contributed by atoms with Crippen molar-refractivity contribution < 1.29 is 28.6 Å². The van der Waals surface area contributed by atoms with Crippen molar-refractivity contribution >= 4 is 22.8 Å². The third-order valence-corrected chi connectivity index (χ3v) is 8.95. The molecule has 9 nitrogen and oxygen atoms in total. The van der Waals surface area contributed by atoms with E-state index >= 15 is 4.39 Å². The van der Waals surface area contributed by atoms with E-state index in [4.69, 9.17) is 14.5 Å². The van der Waals surface area contributed by atoms with Gasteiger partial charge >= 0.3 is 11.9 Å². The summed E-state index contributed by atoms with van der Waals surface area (Å²) in [7, 11) is 0. The van der Waals surface area contributed by atoms with Gasteiger partial charge < -0.3 is 19.1 Å². The van der Waals surface area contributed by atoms with E-state index < -0.39 is 17.2 Å². The van der Waals surface area contributed by atoms with Crippen LogP contribution in [0.4, 0.5) is 4.39 Å². The number of aliphatic hydroxyl groups is 1. The van der Waals surface area contributed by atoms with Gasteiger partial charge in [-0.05, 0) is 76.3 Å². The fourth-order valence-electron chi connectivity index (χ4n) is 6.88. The number of nitrogens with zero attached hydrogens (tertiary/aromatic N) is 3. The Morgan fingerprint density at radius 1 is 1.24 bits per heavy atom. The van der Waals surface area contributed by atoms with Crippen molar-refractivity contribution in [3.05, 3.63) is 61.7 Å². The third kappa shape index (κ3) is 4.18. The van der Waals surface area contributed by atoms with Crippen LogP contribution in [0, 0.1) is 12.7 Å². The van der Waals surface area contributed by atoms with Gasteiger partial charge in [-0.15, -0.1) is 0 Å². The lowest BCUT2D eigenvalue weighted by molar-refractivity contribution is -0.172. The van der Waals surface area contributed by atoms with Crippen molar-refractivity contribution in [3.63, 3.8) is 0 Å². The minimum Gasteiger partial charge on any atom is -0.459 e. The van der Waals surface area contributed by atoms with E-state index in [9.17, 15) is 19.5 Å². The van der Waals surface area contributed by atoms with Crippen LogP contribution < -0.4 is 5.56 Å². The largest absolute Gasteiger partial charge is 0.459 e. The van der Waals surface area contributed by atoms with Gasteiger partial charge in [0.15, 0.2) is 5.60 Å². The Bertz CT molecular complexity index is 1740. The Balaban J connectivity index is 1.58. The zero-order valence-electron chi connectivity index (χ0n) is 24.9. The molecule has 0 fully saturated rings. The number of aromatic nitrogens is 2. The SMILES string of the molecule is CCN(CC(=O)OC(C)(C)C)[C@H]1CCc2c(C)c(F)cc3nc4c(c1c23)Cn1c-4cc2c(c1=O)COC(=O)[C@]2(O)CC. The molecule has 0 unspecified atom stereocenters. The minimum absolute atomic E-state index is 0.0387. The number of hydrogen-bond donors (Lipinski definition) is 1. The molecule has 0 saturated carbocycles. The number of carbonyl (C=O) groups is 2. The highest BCUT2D eigenvalue weighted by Gasteiger charge is 2.46. The molecule has 0 radical (unpaired) electrons. The maximum absolute atomic E-state index is 15.2. The van der Waals surface area contributed by atoms with Crippen molar-refractivity contribution in [2.75, 3.05) is 13.1 Å². The van der Waals surface area contributed by atoms with Crippen molar-refractivity contribution in [1.29, 1.82) is 0 Å². The predicted octanol–water partition coefficient (Wildman–Crippen LogP) is 4.18. The van der Waals surface area contributed by atoms with Gasteiger partial charge in [-0.25, -0.2) is 14.2 Å². The molecule has 6 rings (SSSR count). The van der Waals surface area contributed by atoms with Gasteiger partial charge in [-0.2, -0.15) is 0 Å². The van der Waals surface area contributed by atoms with E-state index in [0.29, 0.717) is 41.9 Å². The lowest BCUT2D eigenvalue weighted by atomic mass is 9.81. The predicted molar refractivity (Wildman–Crippen MR) is 153 cm³/mol. The third-order valence-electron chi connectivity index (χ3n) is 8.95. The van der Waals surface area contributed by atoms with E-state index in [0.717, 1.165) is 22.1 Å². The second-order valence-corrected chi connectivity index (χ2v) is 12.5. The first-order valence-electron chi connectivity index (χ1n) is 14.6. The fraction of sp³-hybridized carbons (Fsp3) is 0.500. The summed E-state index contributed by atoms with van der Waals surface area (Å²) in [5.41, 5.74) is 2.24. The van der Waals surface area contributed by atoms with Crippen LogP contribution in [0.3, 0.4) is 0 Å². The molecule has 42 heavy (non-hydrogen) atoms. The highest BCUT2D eigenvalue weighted by Crippen LogP contribution is 2.47. The van der Waals surface area contributed by atoms with E-state index in [1.54, 1.807) is 24.5 Å². The molecule has 10 heteroatoms. The maximum Gasteiger partial charge on any atom is 0.343 e. The molecule has 0 saturated heterocycles. The number of esters is 2. The fourth-order valence-corrected chi connectivity index (χ4v) is 6.88. The first-order valence-corrected chi connectivity index (χ1v) is 14.6. The number of benzene rings is 1. The molecule has 2 atom stereocenters. The summed E-state index contributed by atoms with van der Waals surface area (Å²) in [6.07, 6.45) is 1.31. The van der Waals surface area contributed by atoms with Crippen molar-refractivity contribution in [1.82, 2.24) is 14.5 Å². The number of likely N-dealkylation sites (N-methyl/N-ethyl adjacent to an activating group) is 1. The van der Waals surface area contributed by atoms with E-state index in [2.05, 4.69) is 4.90 Å². The van der Waals surface area contributed by atoms with Gasteiger partial charge in [0.05, 0.1) is 35.6 Å². The molecule has 2 aliphatic heterocycles. The lowest BCUT2D eigenvalue weighted by Gasteiger charge is -2.36. The normalized spacial score (nSPS) is 20.8. The van der Waals surface area contributed by atoms with E-state index in [1.165, 1.54) is 6.07 Å². The topological polar surface area (TPSA) is 111 Å². The van der Waals surface area contributed by atoms with Crippen LogP contribution in [-0.4, -0.2) is 50.2 Å². The second-order valence-electron chi connectivity index (χ2n) is 12.5. The number of fused-ring (bicyclic) bond motifs is 5. The van der Waals surface area contributed by atoms with Crippen LogP contribution in [0.15, 0.2) is 16.9 Å². The van der Waals surface area contributed by atoms with Gasteiger partial charge in [0.25, 0.3) is 5.56 Å². The number of rotatable bonds is 5. The van der Waals surface area contributed by atoms with E-state index in [-0.39, 0.29) is 60.6 Å². The Morgan fingerprint density at radius 2 is 1.98 bits per heavy atom. The summed E-state index contributed by atoms with van der Waals surface area (Å²) in [6, 6.07) is 2.90. The molecule has 3 aromatic rings. The molecular weight excluding hydrogens is 541 g/mol. The van der Waals surface area contributed by atoms with Gasteiger partial charge in [0, 0.05) is 28.6 Å². The molecule has 222 valence electrons. The van der Waals surface area contributed by atoms with Crippen LogP contribution >= 0.6 is 0 Å². The van der Waals surface area contributed by atoms with Crippen LogP contribution in [-0.2, 0) is 44.2 Å².